The average Bonchev–Trinajstić information content (AvgIpc) is 2.01. The largest absolute Gasteiger partial charge is 0.0561 e. The van der Waals surface area contributed by atoms with Gasteiger partial charge in [0.1, 0.15) is 0 Å². The highest BCUT2D eigenvalue weighted by atomic mass is 79.9. The SMILES string of the molecule is C[C](C)c1cc(Br)cc(C(C)(C)C)c1. The average molecular weight is 254 g/mol. The Bertz CT molecular complexity index is 318. The zero-order valence-electron chi connectivity index (χ0n) is 9.61. The van der Waals surface area contributed by atoms with Crippen LogP contribution in [0.2, 0.25) is 0 Å². The summed E-state index contributed by atoms with van der Waals surface area (Å²) in [5, 5.41) is 0. The summed E-state index contributed by atoms with van der Waals surface area (Å²) in [5.41, 5.74) is 2.92. The Morgan fingerprint density at radius 3 is 2.07 bits per heavy atom. The van der Waals surface area contributed by atoms with E-state index < -0.39 is 0 Å². The monoisotopic (exact) mass is 253 g/mol. The van der Waals surface area contributed by atoms with E-state index in [0.29, 0.717) is 0 Å². The molecule has 0 aromatic heterocycles. The number of benzene rings is 1. The third kappa shape index (κ3) is 2.84. The molecule has 0 nitrogen and oxygen atoms in total. The maximum atomic E-state index is 3.56. The van der Waals surface area contributed by atoms with Gasteiger partial charge >= 0.3 is 0 Å². The molecule has 0 aliphatic rings. The van der Waals surface area contributed by atoms with Gasteiger partial charge in [-0.15, -0.1) is 0 Å². The first kappa shape index (κ1) is 11.8. The normalized spacial score (nSPS) is 12.2. The van der Waals surface area contributed by atoms with E-state index in [2.05, 4.69) is 68.7 Å². The van der Waals surface area contributed by atoms with Gasteiger partial charge in [0.15, 0.2) is 0 Å². The van der Waals surface area contributed by atoms with Crippen molar-refractivity contribution in [1.29, 1.82) is 0 Å². The molecule has 1 aromatic rings. The number of hydrogen-bond acceptors (Lipinski definition) is 0. The fourth-order valence-corrected chi connectivity index (χ4v) is 1.80. The van der Waals surface area contributed by atoms with Crippen molar-refractivity contribution in [1.82, 2.24) is 0 Å². The van der Waals surface area contributed by atoms with Crippen LogP contribution in [0.25, 0.3) is 0 Å². The summed E-state index contributed by atoms with van der Waals surface area (Å²) in [5.74, 6) is 1.36. The highest BCUT2D eigenvalue weighted by molar-refractivity contribution is 9.10. The molecule has 1 radical (unpaired) electrons. The molecule has 14 heavy (non-hydrogen) atoms. The van der Waals surface area contributed by atoms with Crippen LogP contribution in [0.1, 0.15) is 45.7 Å². The van der Waals surface area contributed by atoms with Gasteiger partial charge in [-0.25, -0.2) is 0 Å². The highest BCUT2D eigenvalue weighted by Crippen LogP contribution is 2.29. The van der Waals surface area contributed by atoms with Gasteiger partial charge in [0.05, 0.1) is 0 Å². The lowest BCUT2D eigenvalue weighted by Gasteiger charge is -2.21. The molecule has 0 amide bonds. The topological polar surface area (TPSA) is 0 Å². The summed E-state index contributed by atoms with van der Waals surface area (Å²) in [4.78, 5) is 0. The second kappa shape index (κ2) is 4.06. The Hall–Kier alpha value is -0.300. The summed E-state index contributed by atoms with van der Waals surface area (Å²) >= 11 is 3.56. The molecule has 1 rings (SSSR count). The van der Waals surface area contributed by atoms with E-state index in [1.807, 2.05) is 0 Å². The van der Waals surface area contributed by atoms with Crippen molar-refractivity contribution in [3.63, 3.8) is 0 Å². The Balaban J connectivity index is 3.21. The first-order valence-corrected chi connectivity index (χ1v) is 5.71. The molecular weight excluding hydrogens is 236 g/mol. The fourth-order valence-electron chi connectivity index (χ4n) is 1.31. The molecule has 1 heteroatoms. The van der Waals surface area contributed by atoms with Crippen LogP contribution in [-0.2, 0) is 5.41 Å². The van der Waals surface area contributed by atoms with Crippen LogP contribution in [0.15, 0.2) is 22.7 Å². The molecule has 0 heterocycles. The van der Waals surface area contributed by atoms with Crippen LogP contribution in [0.5, 0.6) is 0 Å². The fraction of sp³-hybridized carbons (Fsp3) is 0.462. The van der Waals surface area contributed by atoms with Crippen LogP contribution in [-0.4, -0.2) is 0 Å². The number of hydrogen-bond donors (Lipinski definition) is 0. The van der Waals surface area contributed by atoms with Gasteiger partial charge in [0.2, 0.25) is 0 Å². The second-order valence-corrected chi connectivity index (χ2v) is 5.89. The van der Waals surface area contributed by atoms with Crippen LogP contribution < -0.4 is 0 Å². The van der Waals surface area contributed by atoms with E-state index in [1.165, 1.54) is 21.5 Å². The molecule has 0 N–H and O–H groups in total. The van der Waals surface area contributed by atoms with Gasteiger partial charge in [0, 0.05) is 4.47 Å². The van der Waals surface area contributed by atoms with E-state index in [0.717, 1.165) is 0 Å². The zero-order valence-corrected chi connectivity index (χ0v) is 11.2. The molecule has 0 saturated heterocycles. The van der Waals surface area contributed by atoms with Gasteiger partial charge in [-0.05, 0) is 34.6 Å². The van der Waals surface area contributed by atoms with Gasteiger partial charge in [-0.1, -0.05) is 56.6 Å². The smallest absolute Gasteiger partial charge is 0.0181 e. The molecule has 0 atom stereocenters. The van der Waals surface area contributed by atoms with Crippen molar-refractivity contribution in [3.05, 3.63) is 39.7 Å². The predicted octanol–water partition coefficient (Wildman–Crippen LogP) is 4.71. The molecule has 77 valence electrons. The van der Waals surface area contributed by atoms with Gasteiger partial charge in [-0.2, -0.15) is 0 Å². The van der Waals surface area contributed by atoms with Gasteiger partial charge < -0.3 is 0 Å². The van der Waals surface area contributed by atoms with E-state index in [-0.39, 0.29) is 5.41 Å². The maximum absolute atomic E-state index is 3.56. The summed E-state index contributed by atoms with van der Waals surface area (Å²) < 4.78 is 1.17. The standard InChI is InChI=1S/C13H18Br/c1-9(2)10-6-11(13(3,4)5)8-12(14)7-10/h6-8H,1-5H3. The van der Waals surface area contributed by atoms with Crippen LogP contribution in [0.3, 0.4) is 0 Å². The molecule has 0 aliphatic heterocycles. The van der Waals surface area contributed by atoms with Crippen LogP contribution >= 0.6 is 15.9 Å². The second-order valence-electron chi connectivity index (χ2n) is 4.98. The minimum Gasteiger partial charge on any atom is -0.0561 e. The summed E-state index contributed by atoms with van der Waals surface area (Å²) in [7, 11) is 0. The first-order chi connectivity index (χ1) is 6.30. The van der Waals surface area contributed by atoms with E-state index >= 15 is 0 Å². The predicted molar refractivity (Wildman–Crippen MR) is 66.5 cm³/mol. The molecule has 0 saturated carbocycles. The van der Waals surface area contributed by atoms with Crippen molar-refractivity contribution >= 4 is 15.9 Å². The van der Waals surface area contributed by atoms with Crippen molar-refractivity contribution in [2.45, 2.75) is 40.0 Å². The molecule has 0 unspecified atom stereocenters. The van der Waals surface area contributed by atoms with Crippen LogP contribution in [0, 0.1) is 5.92 Å². The quantitative estimate of drug-likeness (QED) is 0.680. The molecule has 0 aliphatic carbocycles. The van der Waals surface area contributed by atoms with E-state index in [4.69, 9.17) is 0 Å². The summed E-state index contributed by atoms with van der Waals surface area (Å²) in [6, 6.07) is 6.65. The Labute approximate surface area is 95.9 Å². The van der Waals surface area contributed by atoms with Gasteiger partial charge in [-0.3, -0.25) is 0 Å². The minimum atomic E-state index is 0.216. The Morgan fingerprint density at radius 2 is 1.64 bits per heavy atom. The summed E-state index contributed by atoms with van der Waals surface area (Å²) in [6.45, 7) is 11.0. The van der Waals surface area contributed by atoms with Crippen molar-refractivity contribution in [3.8, 4) is 0 Å². The van der Waals surface area contributed by atoms with E-state index in [1.54, 1.807) is 0 Å². The third-order valence-corrected chi connectivity index (χ3v) is 2.80. The molecule has 0 fully saturated rings. The van der Waals surface area contributed by atoms with Crippen molar-refractivity contribution < 1.29 is 0 Å². The molecule has 1 aromatic carbocycles. The van der Waals surface area contributed by atoms with Gasteiger partial charge in [0.25, 0.3) is 0 Å². The lowest BCUT2D eigenvalue weighted by molar-refractivity contribution is 0.589. The van der Waals surface area contributed by atoms with E-state index in [9.17, 15) is 0 Å². The molecular formula is C13H18Br. The third-order valence-electron chi connectivity index (χ3n) is 2.34. The zero-order chi connectivity index (χ0) is 10.9. The van der Waals surface area contributed by atoms with Crippen molar-refractivity contribution in [2.75, 3.05) is 0 Å². The first-order valence-electron chi connectivity index (χ1n) is 4.92. The Kier molecular flexibility index (Phi) is 3.41. The minimum absolute atomic E-state index is 0.216. The lowest BCUT2D eigenvalue weighted by atomic mass is 9.85. The highest BCUT2D eigenvalue weighted by Gasteiger charge is 2.15. The summed E-state index contributed by atoms with van der Waals surface area (Å²) in [6.07, 6.45) is 0. The molecule has 0 bridgehead atoms. The maximum Gasteiger partial charge on any atom is 0.0181 e. The van der Waals surface area contributed by atoms with Crippen molar-refractivity contribution in [2.24, 2.45) is 0 Å². The number of rotatable bonds is 1. The molecule has 0 spiro atoms. The van der Waals surface area contributed by atoms with Crippen LogP contribution in [0.4, 0.5) is 0 Å². The Morgan fingerprint density at radius 1 is 1.07 bits per heavy atom. The lowest BCUT2D eigenvalue weighted by Crippen LogP contribution is -2.11. The number of halogens is 1.